The number of carboxylic acids is 1. The molecule has 0 aliphatic rings. The van der Waals surface area contributed by atoms with E-state index in [-0.39, 0.29) is 16.9 Å². The van der Waals surface area contributed by atoms with Crippen LogP contribution in [0.25, 0.3) is 0 Å². The first-order valence-electron chi connectivity index (χ1n) is 5.73. The number of carboxylic acid groups (broad SMARTS) is 1. The molecular weight excluding hydrogens is 270 g/mol. The summed E-state index contributed by atoms with van der Waals surface area (Å²) in [7, 11) is -2.13. The lowest BCUT2D eigenvalue weighted by Gasteiger charge is -2.25. The quantitative estimate of drug-likeness (QED) is 0.858. The molecule has 0 radical (unpaired) electrons. The zero-order valence-corrected chi connectivity index (χ0v) is 12.3. The molecule has 0 spiro atoms. The van der Waals surface area contributed by atoms with Crippen LogP contribution in [0.4, 0.5) is 0 Å². The van der Waals surface area contributed by atoms with E-state index in [1.807, 2.05) is 20.8 Å². The molecular formula is C11H19N3O4S. The first-order valence-corrected chi connectivity index (χ1v) is 7.17. The molecule has 0 aliphatic carbocycles. The van der Waals surface area contributed by atoms with Crippen LogP contribution in [-0.4, -0.2) is 47.2 Å². The maximum Gasteiger partial charge on any atom is 0.325 e. The van der Waals surface area contributed by atoms with Crippen LogP contribution in [0.5, 0.6) is 0 Å². The van der Waals surface area contributed by atoms with E-state index in [1.165, 1.54) is 17.5 Å². The molecule has 0 saturated heterocycles. The summed E-state index contributed by atoms with van der Waals surface area (Å²) >= 11 is 0. The molecule has 1 N–H and O–H groups in total. The van der Waals surface area contributed by atoms with Gasteiger partial charge in [0.1, 0.15) is 11.4 Å². The highest BCUT2D eigenvalue weighted by atomic mass is 32.2. The van der Waals surface area contributed by atoms with E-state index >= 15 is 0 Å². The lowest BCUT2D eigenvalue weighted by molar-refractivity contribution is -0.137. The molecule has 0 aromatic carbocycles. The van der Waals surface area contributed by atoms with Gasteiger partial charge in [0.25, 0.3) is 0 Å². The van der Waals surface area contributed by atoms with Crippen molar-refractivity contribution < 1.29 is 18.3 Å². The van der Waals surface area contributed by atoms with Crippen LogP contribution in [-0.2, 0) is 21.4 Å². The Hall–Kier alpha value is -1.41. The average Bonchev–Trinajstić information content (AvgIpc) is 2.62. The second-order valence-corrected chi connectivity index (χ2v) is 7.63. The summed E-state index contributed by atoms with van der Waals surface area (Å²) in [4.78, 5) is 10.5. The van der Waals surface area contributed by atoms with E-state index in [0.29, 0.717) is 6.54 Å². The fourth-order valence-corrected chi connectivity index (χ4v) is 2.99. The van der Waals surface area contributed by atoms with Crippen LogP contribution in [0.2, 0.25) is 0 Å². The molecule has 0 bridgehead atoms. The summed E-state index contributed by atoms with van der Waals surface area (Å²) in [5, 5.41) is 12.4. The van der Waals surface area contributed by atoms with Crippen LogP contribution in [0.15, 0.2) is 17.3 Å². The monoisotopic (exact) mass is 289 g/mol. The van der Waals surface area contributed by atoms with Crippen molar-refractivity contribution in [3.63, 3.8) is 0 Å². The van der Waals surface area contributed by atoms with Gasteiger partial charge in [-0.15, -0.1) is 0 Å². The van der Waals surface area contributed by atoms with Gasteiger partial charge in [0.05, 0.1) is 6.20 Å². The molecule has 1 heterocycles. The predicted octanol–water partition coefficient (Wildman–Crippen LogP) is 0.634. The zero-order valence-electron chi connectivity index (χ0n) is 11.5. The van der Waals surface area contributed by atoms with Crippen molar-refractivity contribution >= 4 is 16.0 Å². The minimum Gasteiger partial charge on any atom is -0.480 e. The Morgan fingerprint density at radius 3 is 2.53 bits per heavy atom. The summed E-state index contributed by atoms with van der Waals surface area (Å²) in [6.07, 6.45) is 2.39. The van der Waals surface area contributed by atoms with Gasteiger partial charge >= 0.3 is 5.97 Å². The fraction of sp³-hybridized carbons (Fsp3) is 0.636. The normalized spacial score (nSPS) is 12.9. The number of rotatable bonds is 5. The second kappa shape index (κ2) is 5.30. The van der Waals surface area contributed by atoms with E-state index in [1.54, 1.807) is 0 Å². The molecule has 19 heavy (non-hydrogen) atoms. The third-order valence-corrected chi connectivity index (χ3v) is 4.07. The van der Waals surface area contributed by atoms with Gasteiger partial charge in [-0.1, -0.05) is 20.8 Å². The summed E-state index contributed by atoms with van der Waals surface area (Å²) < 4.78 is 26.8. The zero-order chi connectivity index (χ0) is 14.8. The number of aromatic nitrogens is 2. The fourth-order valence-electron chi connectivity index (χ4n) is 1.64. The number of aliphatic carboxylic acids is 1. The minimum atomic E-state index is -3.63. The maximum absolute atomic E-state index is 12.2. The van der Waals surface area contributed by atoms with Gasteiger partial charge in [-0.3, -0.25) is 9.48 Å². The van der Waals surface area contributed by atoms with Crippen molar-refractivity contribution in [2.75, 3.05) is 13.6 Å². The highest BCUT2D eigenvalue weighted by Crippen LogP contribution is 2.20. The van der Waals surface area contributed by atoms with Gasteiger partial charge in [-0.25, -0.2) is 12.7 Å². The molecule has 1 aromatic heterocycles. The third kappa shape index (κ3) is 4.32. The Bertz CT molecular complexity index is 557. The van der Waals surface area contributed by atoms with Crippen LogP contribution in [0.1, 0.15) is 20.8 Å². The van der Waals surface area contributed by atoms with Crippen molar-refractivity contribution in [1.82, 2.24) is 14.1 Å². The van der Waals surface area contributed by atoms with E-state index in [9.17, 15) is 13.2 Å². The topological polar surface area (TPSA) is 92.5 Å². The van der Waals surface area contributed by atoms with Crippen molar-refractivity contribution in [2.24, 2.45) is 5.41 Å². The summed E-state index contributed by atoms with van der Waals surface area (Å²) in [5.74, 6) is -1.07. The molecule has 0 unspecified atom stereocenters. The van der Waals surface area contributed by atoms with Crippen LogP contribution in [0.3, 0.4) is 0 Å². The van der Waals surface area contributed by atoms with Crippen molar-refractivity contribution in [1.29, 1.82) is 0 Å². The van der Waals surface area contributed by atoms with E-state index in [0.717, 1.165) is 10.9 Å². The van der Waals surface area contributed by atoms with Gasteiger partial charge in [0.2, 0.25) is 10.0 Å². The number of hydrogen-bond donors (Lipinski definition) is 1. The Labute approximate surface area is 112 Å². The number of sulfonamides is 1. The van der Waals surface area contributed by atoms with E-state index in [2.05, 4.69) is 5.10 Å². The Kier molecular flexibility index (Phi) is 4.36. The molecule has 1 rings (SSSR count). The Morgan fingerprint density at radius 1 is 1.47 bits per heavy atom. The molecule has 8 heteroatoms. The SMILES string of the molecule is CN(CC(C)(C)C)S(=O)(=O)c1cnn(CC(=O)O)c1. The average molecular weight is 289 g/mol. The highest BCUT2D eigenvalue weighted by molar-refractivity contribution is 7.89. The van der Waals surface area contributed by atoms with E-state index < -0.39 is 16.0 Å². The van der Waals surface area contributed by atoms with Crippen molar-refractivity contribution in [3.05, 3.63) is 12.4 Å². The van der Waals surface area contributed by atoms with Gasteiger partial charge in [0.15, 0.2) is 0 Å². The van der Waals surface area contributed by atoms with E-state index in [4.69, 9.17) is 5.11 Å². The molecule has 0 saturated carbocycles. The van der Waals surface area contributed by atoms with Gasteiger partial charge in [0, 0.05) is 19.8 Å². The Morgan fingerprint density at radius 2 is 2.05 bits per heavy atom. The maximum atomic E-state index is 12.2. The smallest absolute Gasteiger partial charge is 0.325 e. The number of hydrogen-bond acceptors (Lipinski definition) is 4. The lowest BCUT2D eigenvalue weighted by atomic mass is 9.97. The molecule has 0 aliphatic heterocycles. The van der Waals surface area contributed by atoms with Gasteiger partial charge in [-0.05, 0) is 5.41 Å². The predicted molar refractivity (Wildman–Crippen MR) is 69.1 cm³/mol. The summed E-state index contributed by atoms with van der Waals surface area (Å²) in [6, 6.07) is 0. The first-order chi connectivity index (χ1) is 8.52. The van der Waals surface area contributed by atoms with Crippen molar-refractivity contribution in [2.45, 2.75) is 32.2 Å². The molecule has 0 atom stereocenters. The van der Waals surface area contributed by atoms with Gasteiger partial charge in [-0.2, -0.15) is 5.10 Å². The number of nitrogens with zero attached hydrogens (tertiary/aromatic N) is 3. The number of carbonyl (C=O) groups is 1. The first kappa shape index (κ1) is 15.6. The largest absolute Gasteiger partial charge is 0.480 e. The Balaban J connectivity index is 2.94. The molecule has 1 aromatic rings. The van der Waals surface area contributed by atoms with Crippen LogP contribution < -0.4 is 0 Å². The second-order valence-electron chi connectivity index (χ2n) is 5.59. The minimum absolute atomic E-state index is 0.000463. The van der Waals surface area contributed by atoms with Gasteiger partial charge < -0.3 is 5.11 Å². The molecule has 0 fully saturated rings. The van der Waals surface area contributed by atoms with Crippen molar-refractivity contribution in [3.8, 4) is 0 Å². The summed E-state index contributed by atoms with van der Waals surface area (Å²) in [5.41, 5.74) is -0.168. The summed E-state index contributed by atoms with van der Waals surface area (Å²) in [6.45, 7) is 5.81. The lowest BCUT2D eigenvalue weighted by Crippen LogP contribution is -2.34. The third-order valence-electron chi connectivity index (χ3n) is 2.31. The van der Waals surface area contributed by atoms with Crippen LogP contribution >= 0.6 is 0 Å². The van der Waals surface area contributed by atoms with Crippen LogP contribution in [0, 0.1) is 5.41 Å². The molecule has 108 valence electrons. The molecule has 0 amide bonds. The highest BCUT2D eigenvalue weighted by Gasteiger charge is 2.26. The molecule has 7 nitrogen and oxygen atoms in total. The standard InChI is InChI=1S/C11H19N3O4S/c1-11(2,3)8-13(4)19(17,18)9-5-12-14(6-9)7-10(15)16/h5-6H,7-8H2,1-4H3,(H,15,16).